The number of carbonyl (C=O) groups excluding carboxylic acids is 1. The highest BCUT2D eigenvalue weighted by Crippen LogP contribution is 1.85. The van der Waals surface area contributed by atoms with Gasteiger partial charge < -0.3 is 15.7 Å². The van der Waals surface area contributed by atoms with Crippen LogP contribution in [-0.2, 0) is 4.79 Å². The summed E-state index contributed by atoms with van der Waals surface area (Å²) in [6.45, 7) is 4.45. The summed E-state index contributed by atoms with van der Waals surface area (Å²) in [5, 5.41) is 13.5. The van der Waals surface area contributed by atoms with Gasteiger partial charge in [0.25, 0.3) is 0 Å². The van der Waals surface area contributed by atoms with Crippen molar-refractivity contribution in [1.82, 2.24) is 10.6 Å². The second kappa shape index (κ2) is 8.10. The molecular formula is C9H16N2O3. The highest BCUT2D eigenvalue weighted by Gasteiger charge is 1.99. The fraction of sp³-hybridized carbons (Fsp3) is 0.556. The average Bonchev–Trinajstić information content (AvgIpc) is 2.13. The monoisotopic (exact) mass is 200 g/mol. The summed E-state index contributed by atoms with van der Waals surface area (Å²) in [6, 6.07) is -0.266. The summed E-state index contributed by atoms with van der Waals surface area (Å²) >= 11 is 0. The number of nitrogens with one attached hydrogen (secondary N) is 2. The summed E-state index contributed by atoms with van der Waals surface area (Å²) in [5.41, 5.74) is 0. The third-order valence-corrected chi connectivity index (χ3v) is 1.49. The second-order valence-electron chi connectivity index (χ2n) is 2.76. The maximum atomic E-state index is 11.0. The summed E-state index contributed by atoms with van der Waals surface area (Å²) in [6.07, 6.45) is 2.96. The van der Waals surface area contributed by atoms with Gasteiger partial charge in [-0.2, -0.15) is 0 Å². The highest BCUT2D eigenvalue weighted by molar-refractivity contribution is 5.73. The number of carboxylic acids is 1. The van der Waals surface area contributed by atoms with Crippen LogP contribution in [0, 0.1) is 0 Å². The van der Waals surface area contributed by atoms with Gasteiger partial charge in [0.1, 0.15) is 0 Å². The topological polar surface area (TPSA) is 78.4 Å². The third kappa shape index (κ3) is 8.58. The van der Waals surface area contributed by atoms with E-state index in [9.17, 15) is 9.59 Å². The Balaban J connectivity index is 3.26. The number of rotatable bonds is 7. The quantitative estimate of drug-likeness (QED) is 0.418. The molecular weight excluding hydrogens is 184 g/mol. The molecule has 0 aliphatic rings. The van der Waals surface area contributed by atoms with E-state index in [-0.39, 0.29) is 12.5 Å². The van der Waals surface area contributed by atoms with Crippen molar-refractivity contribution >= 4 is 12.0 Å². The smallest absolute Gasteiger partial charge is 0.314 e. The first-order chi connectivity index (χ1) is 6.66. The Morgan fingerprint density at radius 3 is 2.50 bits per heavy atom. The SMILES string of the molecule is C=CCCNC(=O)NCCCC(=O)O. The van der Waals surface area contributed by atoms with Crippen molar-refractivity contribution in [3.63, 3.8) is 0 Å². The van der Waals surface area contributed by atoms with Crippen LogP contribution in [0.15, 0.2) is 12.7 Å². The predicted molar refractivity (Wildman–Crippen MR) is 53.1 cm³/mol. The summed E-state index contributed by atoms with van der Waals surface area (Å²) in [4.78, 5) is 21.1. The predicted octanol–water partition coefficient (Wildman–Crippen LogP) is 0.726. The van der Waals surface area contributed by atoms with Gasteiger partial charge in [0.15, 0.2) is 0 Å². The molecule has 3 N–H and O–H groups in total. The Morgan fingerprint density at radius 1 is 1.29 bits per heavy atom. The highest BCUT2D eigenvalue weighted by atomic mass is 16.4. The van der Waals surface area contributed by atoms with Crippen LogP contribution in [0.3, 0.4) is 0 Å². The van der Waals surface area contributed by atoms with Crippen LogP contribution < -0.4 is 10.6 Å². The van der Waals surface area contributed by atoms with Crippen LogP contribution in [0.4, 0.5) is 4.79 Å². The molecule has 5 nitrogen and oxygen atoms in total. The standard InChI is InChI=1S/C9H16N2O3/c1-2-3-6-10-9(14)11-7-4-5-8(12)13/h2H,1,3-7H2,(H,12,13)(H2,10,11,14). The van der Waals surface area contributed by atoms with Gasteiger partial charge in [0.2, 0.25) is 0 Å². The minimum absolute atomic E-state index is 0.0763. The Kier molecular flexibility index (Phi) is 7.22. The van der Waals surface area contributed by atoms with E-state index in [1.807, 2.05) is 0 Å². The first-order valence-electron chi connectivity index (χ1n) is 4.51. The molecule has 2 amide bonds. The maximum Gasteiger partial charge on any atom is 0.314 e. The Morgan fingerprint density at radius 2 is 1.93 bits per heavy atom. The first kappa shape index (κ1) is 12.5. The van der Waals surface area contributed by atoms with E-state index >= 15 is 0 Å². The van der Waals surface area contributed by atoms with Gasteiger partial charge in [0, 0.05) is 19.5 Å². The van der Waals surface area contributed by atoms with Gasteiger partial charge in [-0.3, -0.25) is 4.79 Å². The van der Waals surface area contributed by atoms with Crippen molar-refractivity contribution in [2.45, 2.75) is 19.3 Å². The van der Waals surface area contributed by atoms with Crippen molar-refractivity contribution in [2.75, 3.05) is 13.1 Å². The Labute approximate surface area is 83.2 Å². The van der Waals surface area contributed by atoms with Crippen molar-refractivity contribution < 1.29 is 14.7 Å². The molecule has 0 aromatic carbocycles. The van der Waals surface area contributed by atoms with Gasteiger partial charge in [-0.25, -0.2) is 4.79 Å². The molecule has 0 unspecified atom stereocenters. The largest absolute Gasteiger partial charge is 0.481 e. The molecule has 0 aliphatic carbocycles. The van der Waals surface area contributed by atoms with Gasteiger partial charge in [-0.15, -0.1) is 6.58 Å². The molecule has 0 saturated heterocycles. The average molecular weight is 200 g/mol. The lowest BCUT2D eigenvalue weighted by molar-refractivity contribution is -0.137. The molecule has 80 valence electrons. The van der Waals surface area contributed by atoms with Crippen molar-refractivity contribution in [3.05, 3.63) is 12.7 Å². The molecule has 0 saturated carbocycles. The maximum absolute atomic E-state index is 11.0. The molecule has 14 heavy (non-hydrogen) atoms. The van der Waals surface area contributed by atoms with E-state index in [2.05, 4.69) is 17.2 Å². The van der Waals surface area contributed by atoms with Crippen LogP contribution in [-0.4, -0.2) is 30.2 Å². The lowest BCUT2D eigenvalue weighted by atomic mass is 10.3. The molecule has 0 heterocycles. The zero-order valence-corrected chi connectivity index (χ0v) is 8.08. The molecule has 0 spiro atoms. The summed E-state index contributed by atoms with van der Waals surface area (Å²) in [7, 11) is 0. The van der Waals surface area contributed by atoms with Crippen LogP contribution in [0.25, 0.3) is 0 Å². The third-order valence-electron chi connectivity index (χ3n) is 1.49. The molecule has 0 bridgehead atoms. The van der Waals surface area contributed by atoms with Crippen LogP contribution in [0.2, 0.25) is 0 Å². The normalized spacial score (nSPS) is 9.14. The minimum atomic E-state index is -0.848. The number of urea groups is 1. The van der Waals surface area contributed by atoms with Gasteiger partial charge in [-0.05, 0) is 12.8 Å². The minimum Gasteiger partial charge on any atom is -0.481 e. The van der Waals surface area contributed by atoms with E-state index < -0.39 is 5.97 Å². The zero-order chi connectivity index (χ0) is 10.8. The van der Waals surface area contributed by atoms with Crippen LogP contribution >= 0.6 is 0 Å². The van der Waals surface area contributed by atoms with Crippen molar-refractivity contribution in [2.24, 2.45) is 0 Å². The van der Waals surface area contributed by atoms with E-state index in [0.29, 0.717) is 19.5 Å². The van der Waals surface area contributed by atoms with Crippen molar-refractivity contribution in [3.8, 4) is 0 Å². The summed E-state index contributed by atoms with van der Waals surface area (Å²) < 4.78 is 0. The number of amides is 2. The molecule has 0 fully saturated rings. The fourth-order valence-corrected chi connectivity index (χ4v) is 0.792. The van der Waals surface area contributed by atoms with Crippen LogP contribution in [0.5, 0.6) is 0 Å². The Hall–Kier alpha value is -1.52. The summed E-state index contributed by atoms with van der Waals surface area (Å²) in [5.74, 6) is -0.848. The Bertz CT molecular complexity index is 204. The van der Waals surface area contributed by atoms with Gasteiger partial charge >= 0.3 is 12.0 Å². The lowest BCUT2D eigenvalue weighted by Crippen LogP contribution is -2.36. The van der Waals surface area contributed by atoms with E-state index in [1.54, 1.807) is 6.08 Å². The van der Waals surface area contributed by atoms with E-state index in [0.717, 1.165) is 6.42 Å². The molecule has 0 atom stereocenters. The number of hydrogen-bond donors (Lipinski definition) is 3. The molecule has 0 aromatic rings. The fourth-order valence-electron chi connectivity index (χ4n) is 0.792. The van der Waals surface area contributed by atoms with Gasteiger partial charge in [0.05, 0.1) is 0 Å². The molecule has 5 heteroatoms. The number of carboxylic acid groups (broad SMARTS) is 1. The lowest BCUT2D eigenvalue weighted by Gasteiger charge is -2.05. The number of hydrogen-bond acceptors (Lipinski definition) is 2. The van der Waals surface area contributed by atoms with E-state index in [4.69, 9.17) is 5.11 Å². The van der Waals surface area contributed by atoms with E-state index in [1.165, 1.54) is 0 Å². The molecule has 0 aromatic heterocycles. The van der Waals surface area contributed by atoms with Crippen LogP contribution in [0.1, 0.15) is 19.3 Å². The molecule has 0 radical (unpaired) electrons. The van der Waals surface area contributed by atoms with Gasteiger partial charge in [-0.1, -0.05) is 6.08 Å². The first-order valence-corrected chi connectivity index (χ1v) is 4.51. The molecule has 0 rings (SSSR count). The number of carbonyl (C=O) groups is 2. The molecule has 0 aliphatic heterocycles. The number of aliphatic carboxylic acids is 1. The van der Waals surface area contributed by atoms with Crippen molar-refractivity contribution in [1.29, 1.82) is 0 Å². The second-order valence-corrected chi connectivity index (χ2v) is 2.76. The zero-order valence-electron chi connectivity index (χ0n) is 8.08.